The second-order valence-electron chi connectivity index (χ2n) is 6.42. The summed E-state index contributed by atoms with van der Waals surface area (Å²) in [6.07, 6.45) is 0. The molecule has 126 valence electrons. The van der Waals surface area contributed by atoms with E-state index in [1.807, 2.05) is 68.4 Å². The average molecular weight is 350 g/mol. The first-order valence-electron chi connectivity index (χ1n) is 8.15. The van der Waals surface area contributed by atoms with Crippen molar-refractivity contribution < 1.29 is 13.2 Å². The van der Waals surface area contributed by atoms with E-state index in [9.17, 15) is 8.42 Å². The minimum Gasteiger partial charge on any atom is -0.457 e. The molecule has 0 aliphatic carbocycles. The van der Waals surface area contributed by atoms with Gasteiger partial charge in [-0.3, -0.25) is 0 Å². The highest BCUT2D eigenvalue weighted by atomic mass is 32.2. The lowest BCUT2D eigenvalue weighted by atomic mass is 9.98. The predicted octanol–water partition coefficient (Wildman–Crippen LogP) is 4.97. The van der Waals surface area contributed by atoms with Crippen molar-refractivity contribution in [3.05, 3.63) is 89.0 Å². The van der Waals surface area contributed by atoms with Gasteiger partial charge in [-0.15, -0.1) is 0 Å². The molecule has 0 unspecified atom stereocenters. The number of hydrogen-bond donors (Lipinski definition) is 0. The van der Waals surface area contributed by atoms with Crippen LogP contribution in [-0.4, -0.2) is 8.42 Å². The highest BCUT2D eigenvalue weighted by Gasteiger charge is 2.37. The van der Waals surface area contributed by atoms with Crippen LogP contribution >= 0.6 is 0 Å². The van der Waals surface area contributed by atoms with Crippen LogP contribution in [0.5, 0.6) is 11.5 Å². The van der Waals surface area contributed by atoms with Gasteiger partial charge in [-0.05, 0) is 38.1 Å². The molecule has 0 saturated heterocycles. The Balaban J connectivity index is 1.97. The normalized spacial score (nSPS) is 15.8. The van der Waals surface area contributed by atoms with Gasteiger partial charge in [-0.2, -0.15) is 0 Å². The SMILES string of the molecule is Cc1ccc(S(=O)(=O)[C@@H]2c3ccccc3Oc3ccc(C)cc32)cc1. The number of rotatable bonds is 2. The number of hydrogen-bond acceptors (Lipinski definition) is 3. The molecule has 4 rings (SSSR count). The van der Waals surface area contributed by atoms with Gasteiger partial charge < -0.3 is 4.74 Å². The van der Waals surface area contributed by atoms with Gasteiger partial charge in [0.15, 0.2) is 9.84 Å². The molecule has 0 N–H and O–H groups in total. The van der Waals surface area contributed by atoms with Crippen molar-refractivity contribution in [1.29, 1.82) is 0 Å². The average Bonchev–Trinajstić information content (AvgIpc) is 2.60. The van der Waals surface area contributed by atoms with E-state index >= 15 is 0 Å². The zero-order valence-electron chi connectivity index (χ0n) is 14.1. The maximum Gasteiger partial charge on any atom is 0.189 e. The number of sulfone groups is 1. The number of aryl methyl sites for hydroxylation is 2. The summed E-state index contributed by atoms with van der Waals surface area (Å²) in [5, 5.41) is -0.768. The lowest BCUT2D eigenvalue weighted by Crippen LogP contribution is -2.19. The molecule has 3 nitrogen and oxygen atoms in total. The molecule has 0 saturated carbocycles. The van der Waals surface area contributed by atoms with Crippen molar-refractivity contribution in [1.82, 2.24) is 0 Å². The van der Waals surface area contributed by atoms with E-state index in [4.69, 9.17) is 4.74 Å². The fourth-order valence-electron chi connectivity index (χ4n) is 3.24. The third-order valence-electron chi connectivity index (χ3n) is 4.53. The van der Waals surface area contributed by atoms with Crippen LogP contribution in [0.4, 0.5) is 0 Å². The second kappa shape index (κ2) is 5.74. The number of benzene rings is 3. The van der Waals surface area contributed by atoms with Gasteiger partial charge in [-0.1, -0.05) is 53.6 Å². The Hall–Kier alpha value is -2.59. The van der Waals surface area contributed by atoms with Gasteiger partial charge in [0, 0.05) is 11.1 Å². The molecule has 0 bridgehead atoms. The van der Waals surface area contributed by atoms with E-state index in [2.05, 4.69) is 0 Å². The summed E-state index contributed by atoms with van der Waals surface area (Å²) in [7, 11) is -3.60. The number of para-hydroxylation sites is 1. The van der Waals surface area contributed by atoms with Crippen LogP contribution in [0.2, 0.25) is 0 Å². The molecule has 0 fully saturated rings. The minimum absolute atomic E-state index is 0.326. The third kappa shape index (κ3) is 2.63. The van der Waals surface area contributed by atoms with Crippen molar-refractivity contribution >= 4 is 9.84 Å². The van der Waals surface area contributed by atoms with E-state index in [0.717, 1.165) is 11.1 Å². The van der Waals surface area contributed by atoms with Crippen LogP contribution in [0.3, 0.4) is 0 Å². The van der Waals surface area contributed by atoms with E-state index in [-0.39, 0.29) is 0 Å². The predicted molar refractivity (Wildman–Crippen MR) is 97.9 cm³/mol. The van der Waals surface area contributed by atoms with Gasteiger partial charge in [0.05, 0.1) is 4.90 Å². The van der Waals surface area contributed by atoms with Crippen molar-refractivity contribution in [3.63, 3.8) is 0 Å². The van der Waals surface area contributed by atoms with Gasteiger partial charge in [-0.25, -0.2) is 8.42 Å². The fraction of sp³-hybridized carbons (Fsp3) is 0.143. The third-order valence-corrected chi connectivity index (χ3v) is 6.59. The molecule has 1 aliphatic rings. The van der Waals surface area contributed by atoms with E-state index in [1.54, 1.807) is 12.1 Å². The molecule has 3 aromatic rings. The summed E-state index contributed by atoms with van der Waals surface area (Å²) in [6, 6.07) is 20.0. The molecular weight excluding hydrogens is 332 g/mol. The number of ether oxygens (including phenoxy) is 1. The largest absolute Gasteiger partial charge is 0.457 e. The second-order valence-corrected chi connectivity index (χ2v) is 8.45. The lowest BCUT2D eigenvalue weighted by molar-refractivity contribution is 0.455. The quantitative estimate of drug-likeness (QED) is 0.655. The van der Waals surface area contributed by atoms with Crippen molar-refractivity contribution in [3.8, 4) is 11.5 Å². The van der Waals surface area contributed by atoms with Crippen LogP contribution in [0, 0.1) is 13.8 Å². The van der Waals surface area contributed by atoms with Crippen LogP contribution in [0.25, 0.3) is 0 Å². The van der Waals surface area contributed by atoms with Crippen molar-refractivity contribution in [2.24, 2.45) is 0 Å². The molecular formula is C21H18O3S. The summed E-state index contributed by atoms with van der Waals surface area (Å²) < 4.78 is 32.9. The van der Waals surface area contributed by atoms with Crippen molar-refractivity contribution in [2.75, 3.05) is 0 Å². The molecule has 0 aromatic heterocycles. The molecule has 1 heterocycles. The highest BCUT2D eigenvalue weighted by Crippen LogP contribution is 2.48. The first-order chi connectivity index (χ1) is 12.0. The molecule has 1 atom stereocenters. The maximum atomic E-state index is 13.5. The van der Waals surface area contributed by atoms with E-state index < -0.39 is 15.1 Å². The molecule has 4 heteroatoms. The van der Waals surface area contributed by atoms with Gasteiger partial charge in [0.2, 0.25) is 0 Å². The summed E-state index contributed by atoms with van der Waals surface area (Å²) in [4.78, 5) is 0.326. The van der Waals surface area contributed by atoms with Gasteiger partial charge in [0.1, 0.15) is 16.7 Å². The summed E-state index contributed by atoms with van der Waals surface area (Å²) in [5.41, 5.74) is 3.41. The standard InChI is InChI=1S/C21H18O3S/c1-14-7-10-16(11-8-14)25(22,23)21-17-5-3-4-6-19(17)24-20-12-9-15(2)13-18(20)21/h3-13,21H,1-2H3/t21-/m1/s1. The molecule has 25 heavy (non-hydrogen) atoms. The monoisotopic (exact) mass is 350 g/mol. The minimum atomic E-state index is -3.60. The zero-order chi connectivity index (χ0) is 17.6. The smallest absolute Gasteiger partial charge is 0.189 e. The Morgan fingerprint density at radius 3 is 2.16 bits per heavy atom. The molecule has 0 spiro atoms. The Morgan fingerprint density at radius 1 is 0.760 bits per heavy atom. The van der Waals surface area contributed by atoms with E-state index in [0.29, 0.717) is 27.5 Å². The number of fused-ring (bicyclic) bond motifs is 2. The highest BCUT2D eigenvalue weighted by molar-refractivity contribution is 7.92. The van der Waals surface area contributed by atoms with Crippen molar-refractivity contribution in [2.45, 2.75) is 24.0 Å². The summed E-state index contributed by atoms with van der Waals surface area (Å²) in [5.74, 6) is 1.20. The van der Waals surface area contributed by atoms with Crippen LogP contribution < -0.4 is 4.74 Å². The van der Waals surface area contributed by atoms with Crippen LogP contribution in [-0.2, 0) is 9.84 Å². The molecule has 0 amide bonds. The van der Waals surface area contributed by atoms with Gasteiger partial charge in [0.25, 0.3) is 0 Å². The van der Waals surface area contributed by atoms with Crippen LogP contribution in [0.1, 0.15) is 27.5 Å². The van der Waals surface area contributed by atoms with Crippen LogP contribution in [0.15, 0.2) is 71.6 Å². The Kier molecular flexibility index (Phi) is 3.65. The first-order valence-corrected chi connectivity index (χ1v) is 9.69. The molecule has 1 aliphatic heterocycles. The molecule has 0 radical (unpaired) electrons. The fourth-order valence-corrected chi connectivity index (χ4v) is 5.08. The Bertz CT molecular complexity index is 1050. The lowest BCUT2D eigenvalue weighted by Gasteiger charge is -2.28. The van der Waals surface area contributed by atoms with E-state index in [1.165, 1.54) is 0 Å². The maximum absolute atomic E-state index is 13.5. The zero-order valence-corrected chi connectivity index (χ0v) is 14.9. The van der Waals surface area contributed by atoms with Gasteiger partial charge >= 0.3 is 0 Å². The first kappa shape index (κ1) is 15.9. The Morgan fingerprint density at radius 2 is 1.40 bits per heavy atom. The summed E-state index contributed by atoms with van der Waals surface area (Å²) >= 11 is 0. The molecule has 3 aromatic carbocycles. The Labute approximate surface area is 147 Å². The topological polar surface area (TPSA) is 43.4 Å². The summed E-state index contributed by atoms with van der Waals surface area (Å²) in [6.45, 7) is 3.90.